The van der Waals surface area contributed by atoms with Crippen LogP contribution in [-0.4, -0.2) is 23.2 Å². The van der Waals surface area contributed by atoms with E-state index < -0.39 is 42.0 Å². The average Bonchev–Trinajstić information content (AvgIpc) is 2.65. The molecule has 3 aromatic rings. The van der Waals surface area contributed by atoms with Crippen LogP contribution in [0.2, 0.25) is 20.1 Å². The quantitative estimate of drug-likeness (QED) is 0.311. The van der Waals surface area contributed by atoms with Crippen molar-refractivity contribution in [2.24, 2.45) is 0 Å². The van der Waals surface area contributed by atoms with Crippen LogP contribution < -0.4 is 0 Å². The van der Waals surface area contributed by atoms with Gasteiger partial charge in [-0.25, -0.2) is 0 Å². The lowest BCUT2D eigenvalue weighted by atomic mass is 9.83. The van der Waals surface area contributed by atoms with E-state index in [9.17, 15) is 23.2 Å². The largest absolute Gasteiger partial charge is 0.507 e. The first-order valence-electron chi connectivity index (χ1n) is 7.90. The summed E-state index contributed by atoms with van der Waals surface area (Å²) in [6.07, 6.45) is 0. The minimum Gasteiger partial charge on any atom is -0.507 e. The molecule has 3 N–H and O–H groups in total. The third-order valence-electron chi connectivity index (χ3n) is 4.41. The van der Waals surface area contributed by atoms with Crippen molar-refractivity contribution < 1.29 is 23.2 Å². The van der Waals surface area contributed by atoms with Crippen LogP contribution in [0, 0.1) is 0 Å². The molecule has 0 aliphatic carbocycles. The Morgan fingerprint density at radius 3 is 1.90 bits per heavy atom. The lowest BCUT2D eigenvalue weighted by molar-refractivity contribution is 0.431. The number of rotatable bonds is 4. The van der Waals surface area contributed by atoms with Gasteiger partial charge in [-0.05, 0) is 23.3 Å². The SMILES string of the molecule is O=S(=O)(O)C(c1ccccc1)(c1ccc(Cl)c(Cl)c1)c1c(O)cc(O)c(Cl)c1Cl. The zero-order valence-corrected chi connectivity index (χ0v) is 18.1. The van der Waals surface area contributed by atoms with Crippen molar-refractivity contribution in [2.45, 2.75) is 4.75 Å². The summed E-state index contributed by atoms with van der Waals surface area (Å²) in [7, 11) is -5.08. The van der Waals surface area contributed by atoms with Crippen LogP contribution in [0.5, 0.6) is 11.5 Å². The van der Waals surface area contributed by atoms with E-state index in [1.165, 1.54) is 30.3 Å². The van der Waals surface area contributed by atoms with E-state index in [1.807, 2.05) is 0 Å². The zero-order valence-electron chi connectivity index (χ0n) is 14.3. The van der Waals surface area contributed by atoms with Crippen molar-refractivity contribution >= 4 is 56.5 Å². The predicted octanol–water partition coefficient (Wildman–Crippen LogP) is 5.89. The first-order chi connectivity index (χ1) is 13.5. The van der Waals surface area contributed by atoms with Crippen LogP contribution in [0.15, 0.2) is 54.6 Å². The van der Waals surface area contributed by atoms with Crippen LogP contribution >= 0.6 is 46.4 Å². The number of benzene rings is 3. The Hall–Kier alpha value is -1.67. The Kier molecular flexibility index (Phi) is 5.98. The Balaban J connectivity index is 2.62. The molecule has 3 rings (SSSR count). The fourth-order valence-electron chi connectivity index (χ4n) is 3.20. The van der Waals surface area contributed by atoms with Crippen molar-refractivity contribution in [3.63, 3.8) is 0 Å². The summed E-state index contributed by atoms with van der Waals surface area (Å²) in [5.74, 6) is -1.27. The highest BCUT2D eigenvalue weighted by molar-refractivity contribution is 7.87. The minimum atomic E-state index is -5.08. The van der Waals surface area contributed by atoms with E-state index in [-0.39, 0.29) is 21.2 Å². The summed E-state index contributed by atoms with van der Waals surface area (Å²) in [4.78, 5) is 0. The Morgan fingerprint density at radius 2 is 1.34 bits per heavy atom. The van der Waals surface area contributed by atoms with Crippen molar-refractivity contribution in [3.05, 3.63) is 91.4 Å². The maximum atomic E-state index is 13.0. The fourth-order valence-corrected chi connectivity index (χ4v) is 5.37. The smallest absolute Gasteiger partial charge is 0.283 e. The number of phenols is 2. The average molecular weight is 494 g/mol. The molecule has 0 aromatic heterocycles. The third kappa shape index (κ3) is 3.54. The number of hydrogen-bond acceptors (Lipinski definition) is 4. The van der Waals surface area contributed by atoms with Crippen molar-refractivity contribution in [1.82, 2.24) is 0 Å². The van der Waals surface area contributed by atoms with E-state index in [0.717, 1.165) is 6.07 Å². The van der Waals surface area contributed by atoms with Gasteiger partial charge in [-0.1, -0.05) is 82.8 Å². The van der Waals surface area contributed by atoms with Crippen molar-refractivity contribution in [1.29, 1.82) is 0 Å². The van der Waals surface area contributed by atoms with Gasteiger partial charge in [0, 0.05) is 11.6 Å². The van der Waals surface area contributed by atoms with Crippen LogP contribution in [0.1, 0.15) is 16.7 Å². The predicted molar refractivity (Wildman–Crippen MR) is 114 cm³/mol. The molecule has 29 heavy (non-hydrogen) atoms. The van der Waals surface area contributed by atoms with Gasteiger partial charge in [-0.15, -0.1) is 0 Å². The number of hydrogen-bond donors (Lipinski definition) is 3. The highest BCUT2D eigenvalue weighted by Crippen LogP contribution is 2.53. The van der Waals surface area contributed by atoms with E-state index in [1.54, 1.807) is 18.2 Å². The standard InChI is InChI=1S/C19H12Cl4O5S/c20-12-7-6-11(8-13(12)21)19(29(26,27)28,10-4-2-1-3-5-10)16-14(24)9-15(25)17(22)18(16)23/h1-9,24-25H,(H,26,27,28). The minimum absolute atomic E-state index is 0.00797. The molecule has 10 heteroatoms. The molecule has 152 valence electrons. The van der Waals surface area contributed by atoms with Gasteiger partial charge < -0.3 is 10.2 Å². The van der Waals surface area contributed by atoms with E-state index in [0.29, 0.717) is 0 Å². The molecule has 0 aliphatic rings. The molecular weight excluding hydrogens is 482 g/mol. The number of aromatic hydroxyl groups is 2. The van der Waals surface area contributed by atoms with Gasteiger partial charge in [0.05, 0.1) is 15.1 Å². The summed E-state index contributed by atoms with van der Waals surface area (Å²) < 4.78 is 34.0. The maximum absolute atomic E-state index is 13.0. The lowest BCUT2D eigenvalue weighted by Gasteiger charge is -2.34. The molecule has 0 spiro atoms. The first-order valence-corrected chi connectivity index (χ1v) is 10.9. The number of halogens is 4. The normalized spacial score (nSPS) is 13.8. The molecule has 0 aliphatic heterocycles. The molecule has 0 bridgehead atoms. The monoisotopic (exact) mass is 492 g/mol. The molecule has 0 saturated carbocycles. The van der Waals surface area contributed by atoms with Gasteiger partial charge in [0.1, 0.15) is 16.5 Å². The summed E-state index contributed by atoms with van der Waals surface area (Å²) >= 11 is 24.4. The van der Waals surface area contributed by atoms with Gasteiger partial charge in [0.25, 0.3) is 10.1 Å². The van der Waals surface area contributed by atoms with Crippen LogP contribution in [-0.2, 0) is 14.9 Å². The Morgan fingerprint density at radius 1 is 0.724 bits per heavy atom. The summed E-state index contributed by atoms with van der Waals surface area (Å²) in [6, 6.07) is 12.3. The Bertz CT molecular complexity index is 1200. The van der Waals surface area contributed by atoms with E-state index in [4.69, 9.17) is 46.4 Å². The first kappa shape index (κ1) is 22.0. The topological polar surface area (TPSA) is 94.8 Å². The summed E-state index contributed by atoms with van der Waals surface area (Å²) in [5.41, 5.74) is -0.464. The zero-order chi connectivity index (χ0) is 21.6. The van der Waals surface area contributed by atoms with Crippen LogP contribution in [0.4, 0.5) is 0 Å². The van der Waals surface area contributed by atoms with Crippen molar-refractivity contribution in [3.8, 4) is 11.5 Å². The van der Waals surface area contributed by atoms with E-state index in [2.05, 4.69) is 0 Å². The fraction of sp³-hybridized carbons (Fsp3) is 0.0526. The molecule has 5 nitrogen and oxygen atoms in total. The molecular formula is C19H12Cl4O5S. The molecule has 1 atom stereocenters. The van der Waals surface area contributed by atoms with Gasteiger partial charge in [-0.3, -0.25) is 4.55 Å². The number of phenolic OH excluding ortho intramolecular Hbond substituents is 2. The van der Waals surface area contributed by atoms with E-state index >= 15 is 0 Å². The summed E-state index contributed by atoms with van der Waals surface area (Å²) in [6.45, 7) is 0. The van der Waals surface area contributed by atoms with Crippen LogP contribution in [0.25, 0.3) is 0 Å². The second-order valence-electron chi connectivity index (χ2n) is 6.07. The molecule has 0 amide bonds. The van der Waals surface area contributed by atoms with Gasteiger partial charge >= 0.3 is 0 Å². The molecule has 1 unspecified atom stereocenters. The molecule has 3 aromatic carbocycles. The molecule has 0 fully saturated rings. The molecule has 0 saturated heterocycles. The van der Waals surface area contributed by atoms with Gasteiger partial charge in [0.15, 0.2) is 4.75 Å². The second kappa shape index (κ2) is 7.87. The Labute approximate surface area is 186 Å². The summed E-state index contributed by atoms with van der Waals surface area (Å²) in [5, 5.41) is 19.8. The third-order valence-corrected chi connectivity index (χ3v) is 7.46. The van der Waals surface area contributed by atoms with Crippen molar-refractivity contribution in [2.75, 3.05) is 0 Å². The van der Waals surface area contributed by atoms with Gasteiger partial charge in [-0.2, -0.15) is 8.42 Å². The molecule has 0 radical (unpaired) electrons. The highest BCUT2D eigenvalue weighted by atomic mass is 35.5. The second-order valence-corrected chi connectivity index (χ2v) is 9.20. The molecule has 0 heterocycles. The van der Waals surface area contributed by atoms with Crippen LogP contribution in [0.3, 0.4) is 0 Å². The lowest BCUT2D eigenvalue weighted by Crippen LogP contribution is -2.38. The van der Waals surface area contributed by atoms with Gasteiger partial charge in [0.2, 0.25) is 0 Å². The highest BCUT2D eigenvalue weighted by Gasteiger charge is 2.52. The maximum Gasteiger partial charge on any atom is 0.283 e.